The molecule has 0 heterocycles. The van der Waals surface area contributed by atoms with Gasteiger partial charge in [-0.15, -0.1) is 0 Å². The molecule has 0 spiro atoms. The molecule has 2 aromatic carbocycles. The van der Waals surface area contributed by atoms with Crippen LogP contribution in [0, 0.1) is 5.92 Å². The van der Waals surface area contributed by atoms with Crippen LogP contribution >= 0.6 is 0 Å². The van der Waals surface area contributed by atoms with E-state index < -0.39 is 0 Å². The zero-order valence-electron chi connectivity index (χ0n) is 16.8. The third-order valence-corrected chi connectivity index (χ3v) is 5.69. The van der Waals surface area contributed by atoms with E-state index in [2.05, 4.69) is 0 Å². The number of fused-ring (bicyclic) bond motifs is 1. The lowest BCUT2D eigenvalue weighted by molar-refractivity contribution is 0.181. The molecule has 152 valence electrons. The van der Waals surface area contributed by atoms with Crippen molar-refractivity contribution in [3.63, 3.8) is 0 Å². The molecule has 0 radical (unpaired) electrons. The van der Waals surface area contributed by atoms with Gasteiger partial charge in [-0.2, -0.15) is 0 Å². The second-order valence-corrected chi connectivity index (χ2v) is 6.89. The van der Waals surface area contributed by atoms with Crippen LogP contribution in [0.2, 0.25) is 0 Å². The Kier molecular flexibility index (Phi) is 6.31. The summed E-state index contributed by atoms with van der Waals surface area (Å²) in [5, 5.41) is 19.9. The number of hydrogen-bond donors (Lipinski definition) is 2. The number of methoxy groups -OCH3 is 4. The highest BCUT2D eigenvalue weighted by atomic mass is 16.5. The van der Waals surface area contributed by atoms with Gasteiger partial charge in [0.05, 0.1) is 28.4 Å². The predicted octanol–water partition coefficient (Wildman–Crippen LogP) is 2.94. The first-order valence-corrected chi connectivity index (χ1v) is 9.32. The zero-order valence-corrected chi connectivity index (χ0v) is 16.8. The minimum Gasteiger partial charge on any atom is -0.493 e. The molecule has 2 aromatic rings. The molecular weight excluding hydrogens is 360 g/mol. The highest BCUT2D eigenvalue weighted by molar-refractivity contribution is 5.57. The average Bonchev–Trinajstić information content (AvgIpc) is 3.04. The van der Waals surface area contributed by atoms with E-state index in [0.717, 1.165) is 16.7 Å². The maximum Gasteiger partial charge on any atom is 0.161 e. The standard InChI is InChI=1S/C22H28O6/c1-25-18-6-5-13(9-19(18)26-2)22-16-11-21(28-4)20(27-3)10-15(16)14(7-8-23)17(22)12-24/h5-6,9-11,14,17,22-24H,7-8,12H2,1-4H3. The maximum absolute atomic E-state index is 10.2. The van der Waals surface area contributed by atoms with Gasteiger partial charge in [-0.05, 0) is 59.2 Å². The zero-order chi connectivity index (χ0) is 20.3. The molecule has 1 aliphatic rings. The number of ether oxygens (including phenoxy) is 4. The summed E-state index contributed by atoms with van der Waals surface area (Å²) in [6.07, 6.45) is 0.567. The Hall–Kier alpha value is -2.44. The van der Waals surface area contributed by atoms with Gasteiger partial charge in [0.2, 0.25) is 0 Å². The Bertz CT molecular complexity index is 819. The predicted molar refractivity (Wildman–Crippen MR) is 106 cm³/mol. The Morgan fingerprint density at radius 3 is 1.86 bits per heavy atom. The molecule has 28 heavy (non-hydrogen) atoms. The molecule has 6 heteroatoms. The first kappa shape index (κ1) is 20.3. The van der Waals surface area contributed by atoms with Gasteiger partial charge in [0, 0.05) is 19.1 Å². The smallest absolute Gasteiger partial charge is 0.161 e. The summed E-state index contributed by atoms with van der Waals surface area (Å²) in [6.45, 7) is 0.0522. The Balaban J connectivity index is 2.18. The molecule has 3 atom stereocenters. The van der Waals surface area contributed by atoms with Gasteiger partial charge in [-0.3, -0.25) is 0 Å². The van der Waals surface area contributed by atoms with Gasteiger partial charge in [0.1, 0.15) is 0 Å². The van der Waals surface area contributed by atoms with Gasteiger partial charge in [-0.25, -0.2) is 0 Å². The second kappa shape index (κ2) is 8.71. The van der Waals surface area contributed by atoms with Crippen molar-refractivity contribution >= 4 is 0 Å². The topological polar surface area (TPSA) is 77.4 Å². The molecule has 0 fully saturated rings. The van der Waals surface area contributed by atoms with E-state index in [1.165, 1.54) is 0 Å². The van der Waals surface area contributed by atoms with Crippen molar-refractivity contribution in [1.82, 2.24) is 0 Å². The third kappa shape index (κ3) is 3.38. The average molecular weight is 388 g/mol. The van der Waals surface area contributed by atoms with E-state index in [1.807, 2.05) is 30.3 Å². The largest absolute Gasteiger partial charge is 0.493 e. The summed E-state index contributed by atoms with van der Waals surface area (Å²) >= 11 is 0. The summed E-state index contributed by atoms with van der Waals surface area (Å²) in [7, 11) is 6.43. The van der Waals surface area contributed by atoms with Crippen molar-refractivity contribution in [2.45, 2.75) is 18.3 Å². The lowest BCUT2D eigenvalue weighted by atomic mass is 9.82. The highest BCUT2D eigenvalue weighted by Gasteiger charge is 2.42. The molecule has 6 nitrogen and oxygen atoms in total. The van der Waals surface area contributed by atoms with Crippen LogP contribution in [0.5, 0.6) is 23.0 Å². The second-order valence-electron chi connectivity index (χ2n) is 6.89. The summed E-state index contributed by atoms with van der Waals surface area (Å²) in [4.78, 5) is 0. The number of hydrogen-bond acceptors (Lipinski definition) is 6. The molecule has 0 saturated carbocycles. The molecule has 1 aliphatic carbocycles. The van der Waals surface area contributed by atoms with Crippen molar-refractivity contribution in [1.29, 1.82) is 0 Å². The molecule has 2 N–H and O–H groups in total. The summed E-state index contributed by atoms with van der Waals surface area (Å²) in [5.41, 5.74) is 3.17. The van der Waals surface area contributed by atoms with Gasteiger partial charge in [0.15, 0.2) is 23.0 Å². The lowest BCUT2D eigenvalue weighted by Gasteiger charge is -2.24. The first-order valence-electron chi connectivity index (χ1n) is 9.32. The molecule has 0 saturated heterocycles. The SMILES string of the molecule is COc1ccc(C2c3cc(OC)c(OC)cc3C(CCO)C2CO)cc1OC. The van der Waals surface area contributed by atoms with Crippen LogP contribution in [0.3, 0.4) is 0 Å². The number of aliphatic hydroxyl groups excluding tert-OH is 2. The summed E-state index contributed by atoms with van der Waals surface area (Å²) in [5.74, 6) is 2.48. The van der Waals surface area contributed by atoms with E-state index in [9.17, 15) is 10.2 Å². The normalized spacial score (nSPS) is 20.6. The maximum atomic E-state index is 10.2. The van der Waals surface area contributed by atoms with Crippen molar-refractivity contribution in [3.8, 4) is 23.0 Å². The summed E-state index contributed by atoms with van der Waals surface area (Å²) in [6, 6.07) is 9.78. The fraction of sp³-hybridized carbons (Fsp3) is 0.455. The first-order chi connectivity index (χ1) is 13.6. The number of rotatable bonds is 8. The van der Waals surface area contributed by atoms with Crippen LogP contribution in [-0.4, -0.2) is 51.9 Å². The van der Waals surface area contributed by atoms with Crippen molar-refractivity contribution < 1.29 is 29.2 Å². The quantitative estimate of drug-likeness (QED) is 0.724. The van der Waals surface area contributed by atoms with Gasteiger partial charge in [0.25, 0.3) is 0 Å². The Morgan fingerprint density at radius 1 is 0.750 bits per heavy atom. The van der Waals surface area contributed by atoms with E-state index in [-0.39, 0.29) is 31.0 Å². The van der Waals surface area contributed by atoms with E-state index in [4.69, 9.17) is 18.9 Å². The molecule has 0 aromatic heterocycles. The van der Waals surface area contributed by atoms with Crippen LogP contribution in [-0.2, 0) is 0 Å². The van der Waals surface area contributed by atoms with Crippen LogP contribution < -0.4 is 18.9 Å². The monoisotopic (exact) mass is 388 g/mol. The van der Waals surface area contributed by atoms with Crippen molar-refractivity contribution in [3.05, 3.63) is 47.0 Å². The fourth-order valence-corrected chi connectivity index (χ4v) is 4.41. The Morgan fingerprint density at radius 2 is 1.32 bits per heavy atom. The van der Waals surface area contributed by atoms with Crippen LogP contribution in [0.25, 0.3) is 0 Å². The van der Waals surface area contributed by atoms with Gasteiger partial charge in [-0.1, -0.05) is 6.07 Å². The van der Waals surface area contributed by atoms with Gasteiger partial charge < -0.3 is 29.2 Å². The van der Waals surface area contributed by atoms with Crippen molar-refractivity contribution in [2.24, 2.45) is 5.92 Å². The third-order valence-electron chi connectivity index (χ3n) is 5.69. The summed E-state index contributed by atoms with van der Waals surface area (Å²) < 4.78 is 21.8. The van der Waals surface area contributed by atoms with Crippen LogP contribution in [0.15, 0.2) is 30.3 Å². The molecule has 0 amide bonds. The molecule has 0 aliphatic heterocycles. The van der Waals surface area contributed by atoms with Gasteiger partial charge >= 0.3 is 0 Å². The minimum absolute atomic E-state index is 0.00297. The van der Waals surface area contributed by atoms with E-state index in [1.54, 1.807) is 28.4 Å². The lowest BCUT2D eigenvalue weighted by Crippen LogP contribution is -2.18. The van der Waals surface area contributed by atoms with E-state index >= 15 is 0 Å². The fourth-order valence-electron chi connectivity index (χ4n) is 4.41. The minimum atomic E-state index is -0.0722. The van der Waals surface area contributed by atoms with E-state index in [0.29, 0.717) is 29.4 Å². The molecule has 0 bridgehead atoms. The van der Waals surface area contributed by atoms with Crippen molar-refractivity contribution in [2.75, 3.05) is 41.7 Å². The number of aliphatic hydroxyl groups is 2. The molecule has 3 unspecified atom stereocenters. The molecular formula is C22H28O6. The Labute approximate surface area is 165 Å². The highest BCUT2D eigenvalue weighted by Crippen LogP contribution is 2.54. The number of benzene rings is 2. The van der Waals surface area contributed by atoms with Crippen LogP contribution in [0.4, 0.5) is 0 Å². The molecule has 3 rings (SSSR count). The van der Waals surface area contributed by atoms with Crippen LogP contribution in [0.1, 0.15) is 34.9 Å².